The van der Waals surface area contributed by atoms with Crippen LogP contribution in [0.15, 0.2) is 12.3 Å². The number of rotatable bonds is 4. The third-order valence-corrected chi connectivity index (χ3v) is 1.81. The second-order valence-electron chi connectivity index (χ2n) is 3.83. The summed E-state index contributed by atoms with van der Waals surface area (Å²) < 4.78 is 0. The van der Waals surface area contributed by atoms with Gasteiger partial charge in [-0.25, -0.2) is 9.97 Å². The number of hydrogen-bond donors (Lipinski definition) is 1. The molecule has 0 aliphatic heterocycles. The standard InChI is InChI=1S/C10H18N4/c1-8-5-6-11-10(12-8)13-9(2)7-14(3)4/h5-6,9H,7H2,1-4H3,(H,11,12,13). The molecule has 1 rings (SSSR count). The maximum absolute atomic E-state index is 4.28. The molecule has 14 heavy (non-hydrogen) atoms. The van der Waals surface area contributed by atoms with Crippen molar-refractivity contribution in [2.24, 2.45) is 0 Å². The number of aromatic nitrogens is 2. The third kappa shape index (κ3) is 3.70. The van der Waals surface area contributed by atoms with Gasteiger partial charge in [-0.2, -0.15) is 0 Å². The van der Waals surface area contributed by atoms with E-state index in [0.717, 1.165) is 12.2 Å². The van der Waals surface area contributed by atoms with E-state index in [1.54, 1.807) is 6.20 Å². The van der Waals surface area contributed by atoms with E-state index >= 15 is 0 Å². The Balaban J connectivity index is 2.51. The van der Waals surface area contributed by atoms with Crippen molar-refractivity contribution in [1.29, 1.82) is 0 Å². The van der Waals surface area contributed by atoms with Crippen molar-refractivity contribution < 1.29 is 0 Å². The summed E-state index contributed by atoms with van der Waals surface area (Å²) in [6, 6.07) is 2.24. The van der Waals surface area contributed by atoms with Gasteiger partial charge < -0.3 is 10.2 Å². The lowest BCUT2D eigenvalue weighted by Crippen LogP contribution is -2.30. The SMILES string of the molecule is Cc1ccnc(NC(C)CN(C)C)n1. The number of aryl methyl sites for hydroxylation is 1. The van der Waals surface area contributed by atoms with Crippen molar-refractivity contribution in [3.63, 3.8) is 0 Å². The van der Waals surface area contributed by atoms with E-state index in [2.05, 4.69) is 41.2 Å². The van der Waals surface area contributed by atoms with E-state index < -0.39 is 0 Å². The number of nitrogens with zero attached hydrogens (tertiary/aromatic N) is 3. The minimum atomic E-state index is 0.354. The Hall–Kier alpha value is -1.16. The number of nitrogens with one attached hydrogen (secondary N) is 1. The van der Waals surface area contributed by atoms with Crippen LogP contribution in [0.4, 0.5) is 5.95 Å². The fraction of sp³-hybridized carbons (Fsp3) is 0.600. The number of likely N-dealkylation sites (N-methyl/N-ethyl adjacent to an activating group) is 1. The molecular formula is C10H18N4. The zero-order valence-corrected chi connectivity index (χ0v) is 9.28. The first-order valence-corrected chi connectivity index (χ1v) is 4.79. The smallest absolute Gasteiger partial charge is 0.223 e. The molecule has 0 saturated heterocycles. The first-order valence-electron chi connectivity index (χ1n) is 4.79. The lowest BCUT2D eigenvalue weighted by atomic mass is 10.3. The van der Waals surface area contributed by atoms with E-state index in [0.29, 0.717) is 12.0 Å². The fourth-order valence-electron chi connectivity index (χ4n) is 1.33. The van der Waals surface area contributed by atoms with Gasteiger partial charge in [-0.05, 0) is 34.0 Å². The van der Waals surface area contributed by atoms with Crippen molar-refractivity contribution in [3.05, 3.63) is 18.0 Å². The molecule has 4 nitrogen and oxygen atoms in total. The van der Waals surface area contributed by atoms with Crippen LogP contribution in [0.2, 0.25) is 0 Å². The molecule has 0 spiro atoms. The first-order chi connectivity index (χ1) is 6.58. The van der Waals surface area contributed by atoms with Gasteiger partial charge in [-0.15, -0.1) is 0 Å². The highest BCUT2D eigenvalue weighted by Gasteiger charge is 2.04. The zero-order valence-electron chi connectivity index (χ0n) is 9.28. The maximum Gasteiger partial charge on any atom is 0.223 e. The van der Waals surface area contributed by atoms with Gasteiger partial charge in [0.25, 0.3) is 0 Å². The van der Waals surface area contributed by atoms with Crippen LogP contribution in [0.1, 0.15) is 12.6 Å². The molecule has 1 N–H and O–H groups in total. The molecule has 0 amide bonds. The van der Waals surface area contributed by atoms with Crippen LogP contribution in [0.5, 0.6) is 0 Å². The molecule has 0 radical (unpaired) electrons. The van der Waals surface area contributed by atoms with Crippen LogP contribution in [-0.4, -0.2) is 41.5 Å². The lowest BCUT2D eigenvalue weighted by Gasteiger charge is -2.18. The lowest BCUT2D eigenvalue weighted by molar-refractivity contribution is 0.391. The Labute approximate surface area is 85.4 Å². The Kier molecular flexibility index (Phi) is 3.83. The molecule has 78 valence electrons. The highest BCUT2D eigenvalue weighted by Crippen LogP contribution is 2.01. The van der Waals surface area contributed by atoms with Crippen molar-refractivity contribution in [2.45, 2.75) is 19.9 Å². The molecule has 0 aromatic carbocycles. The van der Waals surface area contributed by atoms with Gasteiger partial charge in [-0.3, -0.25) is 0 Å². The van der Waals surface area contributed by atoms with E-state index in [1.807, 2.05) is 13.0 Å². The number of anilines is 1. The van der Waals surface area contributed by atoms with Gasteiger partial charge in [0.2, 0.25) is 5.95 Å². The first kappa shape index (κ1) is 10.9. The second kappa shape index (κ2) is 4.91. The van der Waals surface area contributed by atoms with Gasteiger partial charge in [-0.1, -0.05) is 0 Å². The summed E-state index contributed by atoms with van der Waals surface area (Å²) in [5.74, 6) is 0.708. The average Bonchev–Trinajstić information content (AvgIpc) is 2.01. The molecule has 0 aliphatic carbocycles. The highest BCUT2D eigenvalue weighted by atomic mass is 15.2. The third-order valence-electron chi connectivity index (χ3n) is 1.81. The Morgan fingerprint density at radius 3 is 2.79 bits per heavy atom. The van der Waals surface area contributed by atoms with Crippen LogP contribution in [0.25, 0.3) is 0 Å². The van der Waals surface area contributed by atoms with Gasteiger partial charge in [0, 0.05) is 24.5 Å². The van der Waals surface area contributed by atoms with Crippen molar-refractivity contribution in [2.75, 3.05) is 26.0 Å². The molecular weight excluding hydrogens is 176 g/mol. The molecule has 1 aromatic rings. The molecule has 0 saturated carbocycles. The topological polar surface area (TPSA) is 41.1 Å². The molecule has 1 aromatic heterocycles. The normalized spacial score (nSPS) is 12.9. The minimum absolute atomic E-state index is 0.354. The molecule has 4 heteroatoms. The Morgan fingerprint density at radius 2 is 2.21 bits per heavy atom. The second-order valence-corrected chi connectivity index (χ2v) is 3.83. The molecule has 1 atom stereocenters. The Bertz CT molecular complexity index is 285. The summed E-state index contributed by atoms with van der Waals surface area (Å²) in [6.45, 7) is 5.05. The van der Waals surface area contributed by atoms with Crippen molar-refractivity contribution >= 4 is 5.95 Å². The predicted octanol–water partition coefficient (Wildman–Crippen LogP) is 1.15. The van der Waals surface area contributed by atoms with Crippen molar-refractivity contribution in [3.8, 4) is 0 Å². The van der Waals surface area contributed by atoms with E-state index in [4.69, 9.17) is 0 Å². The summed E-state index contributed by atoms with van der Waals surface area (Å²) in [5.41, 5.74) is 0.986. The summed E-state index contributed by atoms with van der Waals surface area (Å²) in [6.07, 6.45) is 1.77. The summed E-state index contributed by atoms with van der Waals surface area (Å²) in [5, 5.41) is 3.25. The van der Waals surface area contributed by atoms with Crippen LogP contribution in [0.3, 0.4) is 0 Å². The number of hydrogen-bond acceptors (Lipinski definition) is 4. The van der Waals surface area contributed by atoms with Gasteiger partial charge in [0.15, 0.2) is 0 Å². The molecule has 1 unspecified atom stereocenters. The van der Waals surface area contributed by atoms with Crippen molar-refractivity contribution in [1.82, 2.24) is 14.9 Å². The zero-order chi connectivity index (χ0) is 10.6. The van der Waals surface area contributed by atoms with Gasteiger partial charge in [0.05, 0.1) is 0 Å². The molecule has 0 bridgehead atoms. The summed E-state index contributed by atoms with van der Waals surface area (Å²) in [7, 11) is 4.10. The summed E-state index contributed by atoms with van der Waals surface area (Å²) in [4.78, 5) is 10.6. The minimum Gasteiger partial charge on any atom is -0.350 e. The van der Waals surface area contributed by atoms with Gasteiger partial charge in [0.1, 0.15) is 0 Å². The average molecular weight is 194 g/mol. The largest absolute Gasteiger partial charge is 0.350 e. The molecule has 0 fully saturated rings. The van der Waals surface area contributed by atoms with Crippen LogP contribution >= 0.6 is 0 Å². The van der Waals surface area contributed by atoms with Crippen LogP contribution < -0.4 is 5.32 Å². The Morgan fingerprint density at radius 1 is 1.50 bits per heavy atom. The highest BCUT2D eigenvalue weighted by molar-refractivity contribution is 5.26. The predicted molar refractivity (Wildman–Crippen MR) is 58.4 cm³/mol. The fourth-order valence-corrected chi connectivity index (χ4v) is 1.33. The summed E-state index contributed by atoms with van der Waals surface area (Å²) >= 11 is 0. The van der Waals surface area contributed by atoms with E-state index in [1.165, 1.54) is 0 Å². The van der Waals surface area contributed by atoms with Crippen LogP contribution in [0, 0.1) is 6.92 Å². The maximum atomic E-state index is 4.28. The van der Waals surface area contributed by atoms with Crippen LogP contribution in [-0.2, 0) is 0 Å². The quantitative estimate of drug-likeness (QED) is 0.780. The van der Waals surface area contributed by atoms with E-state index in [-0.39, 0.29) is 0 Å². The molecule has 1 heterocycles. The monoisotopic (exact) mass is 194 g/mol. The molecule has 0 aliphatic rings. The van der Waals surface area contributed by atoms with E-state index in [9.17, 15) is 0 Å². The van der Waals surface area contributed by atoms with Gasteiger partial charge >= 0.3 is 0 Å².